The lowest BCUT2D eigenvalue weighted by Crippen LogP contribution is -2.22. The lowest BCUT2D eigenvalue weighted by Gasteiger charge is -2.16. The second kappa shape index (κ2) is 9.73. The largest absolute Gasteiger partial charge is 0.422 e. The normalized spacial score (nSPS) is 11.6. The molecule has 0 aliphatic rings. The Bertz CT molecular complexity index is 1480. The summed E-state index contributed by atoms with van der Waals surface area (Å²) in [5.74, 6) is -0.863. The third-order valence-electron chi connectivity index (χ3n) is 5.30. The van der Waals surface area contributed by atoms with Crippen LogP contribution in [0.4, 0.5) is 18.9 Å². The van der Waals surface area contributed by atoms with Gasteiger partial charge in [-0.2, -0.15) is 13.2 Å². The van der Waals surface area contributed by atoms with Crippen LogP contribution < -0.4 is 10.9 Å². The van der Waals surface area contributed by atoms with Gasteiger partial charge in [0.1, 0.15) is 5.58 Å². The highest BCUT2D eigenvalue weighted by Crippen LogP contribution is 2.37. The van der Waals surface area contributed by atoms with E-state index in [-0.39, 0.29) is 27.8 Å². The lowest BCUT2D eigenvalue weighted by atomic mass is 9.94. The van der Waals surface area contributed by atoms with Crippen molar-refractivity contribution in [3.05, 3.63) is 97.8 Å². The first-order valence-electron chi connectivity index (χ1n) is 10.2. The molecule has 10 heteroatoms. The number of nitrogens with one attached hydrogen (secondary N) is 1. The Morgan fingerprint density at radius 1 is 1.03 bits per heavy atom. The summed E-state index contributed by atoms with van der Waals surface area (Å²) in [5.41, 5.74) is -1.08. The highest BCUT2D eigenvalue weighted by Gasteiger charge is 2.34. The van der Waals surface area contributed by atoms with E-state index in [4.69, 9.17) is 27.6 Å². The first-order chi connectivity index (χ1) is 16.6. The SMILES string of the molecule is O=C(Cc1c(-c2ccccc2)c2cc(CO)c(Cl)cc2oc1=O)Nc1ccc(Cl)cc1C(F)(F)F. The number of carbonyl (C=O) groups excluding carboxylic acids is 1. The lowest BCUT2D eigenvalue weighted by molar-refractivity contribution is -0.137. The molecule has 1 aromatic heterocycles. The fraction of sp³-hybridized carbons (Fsp3) is 0.120. The maximum absolute atomic E-state index is 13.4. The van der Waals surface area contributed by atoms with Crippen molar-refractivity contribution in [2.75, 3.05) is 5.32 Å². The van der Waals surface area contributed by atoms with Gasteiger partial charge in [0, 0.05) is 27.1 Å². The molecule has 0 spiro atoms. The fourth-order valence-electron chi connectivity index (χ4n) is 3.74. The molecule has 5 nitrogen and oxygen atoms in total. The van der Waals surface area contributed by atoms with Crippen LogP contribution in [0.3, 0.4) is 0 Å². The number of aliphatic hydroxyl groups excluding tert-OH is 1. The molecule has 1 amide bonds. The molecule has 0 aliphatic carbocycles. The van der Waals surface area contributed by atoms with Crippen molar-refractivity contribution in [2.24, 2.45) is 0 Å². The van der Waals surface area contributed by atoms with Crippen molar-refractivity contribution in [3.8, 4) is 11.1 Å². The second-order valence-electron chi connectivity index (χ2n) is 7.62. The predicted octanol–water partition coefficient (Wildman–Crippen LogP) is 6.46. The molecule has 35 heavy (non-hydrogen) atoms. The Hall–Kier alpha value is -3.33. The molecule has 0 saturated carbocycles. The monoisotopic (exact) mass is 521 g/mol. The van der Waals surface area contributed by atoms with Gasteiger partial charge in [-0.3, -0.25) is 4.79 Å². The van der Waals surface area contributed by atoms with Gasteiger partial charge in [-0.05, 0) is 35.4 Å². The van der Waals surface area contributed by atoms with Gasteiger partial charge in [-0.15, -0.1) is 0 Å². The van der Waals surface area contributed by atoms with Gasteiger partial charge in [-0.1, -0.05) is 53.5 Å². The third-order valence-corrected chi connectivity index (χ3v) is 5.89. The minimum atomic E-state index is -4.76. The summed E-state index contributed by atoms with van der Waals surface area (Å²) in [7, 11) is 0. The van der Waals surface area contributed by atoms with Crippen molar-refractivity contribution >= 4 is 45.8 Å². The van der Waals surface area contributed by atoms with Crippen LogP contribution in [-0.4, -0.2) is 11.0 Å². The highest BCUT2D eigenvalue weighted by atomic mass is 35.5. The zero-order valence-corrected chi connectivity index (χ0v) is 19.3. The summed E-state index contributed by atoms with van der Waals surface area (Å²) < 4.78 is 45.7. The molecule has 180 valence electrons. The van der Waals surface area contributed by atoms with E-state index in [1.165, 1.54) is 12.1 Å². The van der Waals surface area contributed by atoms with Crippen LogP contribution in [0.1, 0.15) is 16.7 Å². The zero-order valence-electron chi connectivity index (χ0n) is 17.7. The van der Waals surface area contributed by atoms with E-state index in [0.717, 1.165) is 6.07 Å². The van der Waals surface area contributed by atoms with Crippen LogP contribution in [0.2, 0.25) is 10.0 Å². The maximum atomic E-state index is 13.4. The number of anilines is 1. The average molecular weight is 522 g/mol. The van der Waals surface area contributed by atoms with E-state index in [1.807, 2.05) is 0 Å². The highest BCUT2D eigenvalue weighted by molar-refractivity contribution is 6.32. The molecular formula is C25H16Cl2F3NO4. The summed E-state index contributed by atoms with van der Waals surface area (Å²) in [4.78, 5) is 25.8. The smallest absolute Gasteiger partial charge is 0.418 e. The standard InChI is InChI=1S/C25H16Cl2F3NO4/c26-15-6-7-20(18(9-15)25(28,29)30)31-22(33)10-17-23(13-4-2-1-3-5-13)16-8-14(12-32)19(27)11-21(16)35-24(17)34/h1-9,11,32H,10,12H2,(H,31,33). The number of hydrogen-bond donors (Lipinski definition) is 2. The van der Waals surface area contributed by atoms with Crippen LogP contribution in [0, 0.1) is 0 Å². The number of alkyl halides is 3. The molecule has 2 N–H and O–H groups in total. The van der Waals surface area contributed by atoms with Gasteiger partial charge >= 0.3 is 11.8 Å². The maximum Gasteiger partial charge on any atom is 0.418 e. The van der Waals surface area contributed by atoms with Crippen molar-refractivity contribution in [3.63, 3.8) is 0 Å². The van der Waals surface area contributed by atoms with E-state index in [2.05, 4.69) is 5.32 Å². The van der Waals surface area contributed by atoms with Gasteiger partial charge in [0.25, 0.3) is 0 Å². The van der Waals surface area contributed by atoms with Crippen LogP contribution >= 0.6 is 23.2 Å². The van der Waals surface area contributed by atoms with Gasteiger partial charge in [-0.25, -0.2) is 4.79 Å². The number of halogens is 5. The van der Waals surface area contributed by atoms with Crippen LogP contribution in [-0.2, 0) is 24.0 Å². The molecule has 0 fully saturated rings. The first-order valence-corrected chi connectivity index (χ1v) is 10.9. The predicted molar refractivity (Wildman–Crippen MR) is 128 cm³/mol. The van der Waals surface area contributed by atoms with Crippen molar-refractivity contribution in [2.45, 2.75) is 19.2 Å². The zero-order chi connectivity index (χ0) is 25.3. The fourth-order valence-corrected chi connectivity index (χ4v) is 4.12. The molecule has 0 radical (unpaired) electrons. The molecule has 0 unspecified atom stereocenters. The van der Waals surface area contributed by atoms with E-state index in [0.29, 0.717) is 28.1 Å². The number of hydrogen-bond acceptors (Lipinski definition) is 4. The minimum absolute atomic E-state index is 0.0602. The number of carbonyl (C=O) groups is 1. The Morgan fingerprint density at radius 3 is 2.40 bits per heavy atom. The van der Waals surface area contributed by atoms with E-state index < -0.39 is 35.4 Å². The van der Waals surface area contributed by atoms with E-state index >= 15 is 0 Å². The van der Waals surface area contributed by atoms with E-state index in [9.17, 15) is 27.9 Å². The molecular weight excluding hydrogens is 506 g/mol. The van der Waals surface area contributed by atoms with Crippen molar-refractivity contribution < 1.29 is 27.5 Å². The molecule has 0 aliphatic heterocycles. The second-order valence-corrected chi connectivity index (χ2v) is 8.46. The molecule has 1 heterocycles. The van der Waals surface area contributed by atoms with Gasteiger partial charge < -0.3 is 14.8 Å². The van der Waals surface area contributed by atoms with E-state index in [1.54, 1.807) is 36.4 Å². The van der Waals surface area contributed by atoms with Gasteiger partial charge in [0.2, 0.25) is 5.91 Å². The van der Waals surface area contributed by atoms with Crippen LogP contribution in [0.5, 0.6) is 0 Å². The quantitative estimate of drug-likeness (QED) is 0.295. The van der Waals surface area contributed by atoms with Crippen LogP contribution in [0.25, 0.3) is 22.1 Å². The number of rotatable bonds is 5. The molecule has 0 saturated heterocycles. The Morgan fingerprint density at radius 2 is 1.74 bits per heavy atom. The summed E-state index contributed by atoms with van der Waals surface area (Å²) in [6.45, 7) is -0.380. The molecule has 0 atom stereocenters. The third kappa shape index (κ3) is 5.19. The Kier molecular flexibility index (Phi) is 6.89. The summed E-state index contributed by atoms with van der Waals surface area (Å²) in [6.07, 6.45) is -5.33. The average Bonchev–Trinajstić information content (AvgIpc) is 2.80. The first kappa shape index (κ1) is 24.8. The van der Waals surface area contributed by atoms with Crippen LogP contribution in [0.15, 0.2) is 69.9 Å². The number of benzene rings is 3. The summed E-state index contributed by atoms with van der Waals surface area (Å²) in [5, 5.41) is 12.3. The molecule has 3 aromatic carbocycles. The molecule has 4 rings (SSSR count). The number of aliphatic hydroxyl groups is 1. The molecule has 0 bridgehead atoms. The van der Waals surface area contributed by atoms with Gasteiger partial charge in [0.15, 0.2) is 0 Å². The minimum Gasteiger partial charge on any atom is -0.422 e. The Labute approximate surface area is 206 Å². The van der Waals surface area contributed by atoms with Gasteiger partial charge in [0.05, 0.1) is 29.8 Å². The van der Waals surface area contributed by atoms with Crippen molar-refractivity contribution in [1.82, 2.24) is 0 Å². The summed E-state index contributed by atoms with van der Waals surface area (Å²) in [6, 6.07) is 14.5. The summed E-state index contributed by atoms with van der Waals surface area (Å²) >= 11 is 11.8. The number of amides is 1. The topological polar surface area (TPSA) is 79.5 Å². The molecule has 4 aromatic rings. The van der Waals surface area contributed by atoms with Crippen molar-refractivity contribution in [1.29, 1.82) is 0 Å². The Balaban J connectivity index is 1.83. The number of fused-ring (bicyclic) bond motifs is 1.